The number of nitrogens with zero attached hydrogens (tertiary/aromatic N) is 1. The molecule has 3 aromatic rings. The van der Waals surface area contributed by atoms with E-state index < -0.39 is 0 Å². The number of aliphatic imine (C=N–C) groups is 1. The van der Waals surface area contributed by atoms with Gasteiger partial charge in [0.25, 0.3) is 0 Å². The molecule has 4 nitrogen and oxygen atoms in total. The minimum absolute atomic E-state index is 0.342. The molecule has 2 aromatic carbocycles. The lowest BCUT2D eigenvalue weighted by Crippen LogP contribution is -2.03. The van der Waals surface area contributed by atoms with Crippen LogP contribution in [0.3, 0.4) is 0 Å². The van der Waals surface area contributed by atoms with Crippen LogP contribution in [0.25, 0.3) is 10.8 Å². The Labute approximate surface area is 129 Å². The summed E-state index contributed by atoms with van der Waals surface area (Å²) in [5.74, 6) is 0. The third-order valence-corrected chi connectivity index (χ3v) is 3.49. The summed E-state index contributed by atoms with van der Waals surface area (Å²) in [6.07, 6.45) is 4.93. The molecule has 0 aliphatic rings. The topological polar surface area (TPSA) is 44.0 Å². The van der Waals surface area contributed by atoms with E-state index in [9.17, 15) is 0 Å². The van der Waals surface area contributed by atoms with Crippen LogP contribution in [0, 0.1) is 0 Å². The fourth-order valence-corrected chi connectivity index (χ4v) is 2.34. The predicted molar refractivity (Wildman–Crippen MR) is 86.7 cm³/mol. The molecule has 0 N–H and O–H groups in total. The number of ether oxygens (including phenoxy) is 2. The van der Waals surface area contributed by atoms with E-state index in [4.69, 9.17) is 13.9 Å². The van der Waals surface area contributed by atoms with Crippen molar-refractivity contribution in [3.63, 3.8) is 0 Å². The third-order valence-electron chi connectivity index (χ3n) is 3.49. The highest BCUT2D eigenvalue weighted by atomic mass is 16.7. The van der Waals surface area contributed by atoms with Crippen molar-refractivity contribution < 1.29 is 13.9 Å². The van der Waals surface area contributed by atoms with Gasteiger partial charge < -0.3 is 13.9 Å². The average Bonchev–Trinajstić information content (AvgIpc) is 3.04. The Morgan fingerprint density at radius 2 is 1.77 bits per heavy atom. The van der Waals surface area contributed by atoms with E-state index >= 15 is 0 Å². The number of hydrogen-bond acceptors (Lipinski definition) is 4. The number of rotatable bonds is 5. The average molecular weight is 295 g/mol. The minimum Gasteiger partial charge on any atom is -0.471 e. The Balaban J connectivity index is 1.82. The maximum atomic E-state index is 5.23. The molecular formula is C18H17NO3. The standard InChI is InChI=1S/C18H17NO3/c1-20-18(21-2)14-8-6-13(7-9-14)10-19-17-5-3-4-15-11-22-12-16(15)17/h3-12,18H,1-2H3. The molecule has 1 aromatic heterocycles. The zero-order valence-electron chi connectivity index (χ0n) is 12.5. The van der Waals surface area contributed by atoms with Crippen molar-refractivity contribution in [2.24, 2.45) is 4.99 Å². The second-order valence-corrected chi connectivity index (χ2v) is 4.88. The van der Waals surface area contributed by atoms with Crippen molar-refractivity contribution in [2.75, 3.05) is 14.2 Å². The molecule has 0 radical (unpaired) electrons. The Morgan fingerprint density at radius 3 is 2.50 bits per heavy atom. The third kappa shape index (κ3) is 2.93. The molecule has 0 saturated heterocycles. The lowest BCUT2D eigenvalue weighted by Gasteiger charge is -2.13. The molecule has 1 heterocycles. The van der Waals surface area contributed by atoms with Gasteiger partial charge in [-0.05, 0) is 11.6 Å². The van der Waals surface area contributed by atoms with E-state index in [0.29, 0.717) is 0 Å². The lowest BCUT2D eigenvalue weighted by molar-refractivity contribution is -0.106. The van der Waals surface area contributed by atoms with Crippen LogP contribution in [0.2, 0.25) is 0 Å². The van der Waals surface area contributed by atoms with Gasteiger partial charge in [0.1, 0.15) is 6.26 Å². The largest absolute Gasteiger partial charge is 0.471 e. The molecule has 0 atom stereocenters. The molecule has 0 aliphatic carbocycles. The summed E-state index contributed by atoms with van der Waals surface area (Å²) in [4.78, 5) is 4.54. The van der Waals surface area contributed by atoms with E-state index in [-0.39, 0.29) is 6.29 Å². The van der Waals surface area contributed by atoms with Crippen LogP contribution in [-0.2, 0) is 9.47 Å². The predicted octanol–water partition coefficient (Wildman–Crippen LogP) is 4.47. The van der Waals surface area contributed by atoms with Crippen molar-refractivity contribution in [1.29, 1.82) is 0 Å². The zero-order valence-corrected chi connectivity index (χ0v) is 12.5. The molecule has 0 aliphatic heterocycles. The van der Waals surface area contributed by atoms with Gasteiger partial charge in [-0.2, -0.15) is 0 Å². The molecule has 0 spiro atoms. The first-order chi connectivity index (χ1) is 10.8. The molecular weight excluding hydrogens is 278 g/mol. The van der Waals surface area contributed by atoms with Crippen LogP contribution in [0.4, 0.5) is 5.69 Å². The summed E-state index contributed by atoms with van der Waals surface area (Å²) < 4.78 is 15.7. The summed E-state index contributed by atoms with van der Waals surface area (Å²) in [5, 5.41) is 2.06. The molecule has 0 unspecified atom stereocenters. The molecule has 0 saturated carbocycles. The Hall–Kier alpha value is -2.43. The Morgan fingerprint density at radius 1 is 1.00 bits per heavy atom. The fourth-order valence-electron chi connectivity index (χ4n) is 2.34. The summed E-state index contributed by atoms with van der Waals surface area (Å²) in [6.45, 7) is 0. The van der Waals surface area contributed by atoms with E-state index in [1.807, 2.05) is 48.7 Å². The number of hydrogen-bond donors (Lipinski definition) is 0. The van der Waals surface area contributed by atoms with Gasteiger partial charge in [-0.1, -0.05) is 36.4 Å². The first-order valence-corrected chi connectivity index (χ1v) is 6.96. The van der Waals surface area contributed by atoms with Crippen molar-refractivity contribution in [3.05, 3.63) is 66.1 Å². The summed E-state index contributed by atoms with van der Waals surface area (Å²) in [5.41, 5.74) is 2.87. The molecule has 0 amide bonds. The first-order valence-electron chi connectivity index (χ1n) is 6.96. The Bertz CT molecular complexity index is 770. The highest BCUT2D eigenvalue weighted by molar-refractivity contribution is 5.94. The second kappa shape index (κ2) is 6.56. The minimum atomic E-state index is -0.342. The van der Waals surface area contributed by atoms with Crippen LogP contribution in [0.15, 0.2) is 64.4 Å². The zero-order chi connectivity index (χ0) is 15.4. The number of fused-ring (bicyclic) bond motifs is 1. The SMILES string of the molecule is COC(OC)c1ccc(C=Nc2cccc3cocc23)cc1. The van der Waals surface area contributed by atoms with Gasteiger partial charge >= 0.3 is 0 Å². The quantitative estimate of drug-likeness (QED) is 0.515. The van der Waals surface area contributed by atoms with Gasteiger partial charge in [0.15, 0.2) is 6.29 Å². The van der Waals surface area contributed by atoms with E-state index in [1.165, 1.54) is 0 Å². The first kappa shape index (κ1) is 14.5. The van der Waals surface area contributed by atoms with E-state index in [2.05, 4.69) is 4.99 Å². The molecule has 3 rings (SSSR count). The molecule has 22 heavy (non-hydrogen) atoms. The maximum absolute atomic E-state index is 5.23. The summed E-state index contributed by atoms with van der Waals surface area (Å²) in [7, 11) is 3.24. The fraction of sp³-hybridized carbons (Fsp3) is 0.167. The van der Waals surface area contributed by atoms with Crippen molar-refractivity contribution >= 4 is 22.7 Å². The van der Waals surface area contributed by atoms with Gasteiger partial charge in [0, 0.05) is 36.8 Å². The van der Waals surface area contributed by atoms with Gasteiger partial charge in [-0.3, -0.25) is 4.99 Å². The molecule has 0 bridgehead atoms. The lowest BCUT2D eigenvalue weighted by atomic mass is 10.1. The monoisotopic (exact) mass is 295 g/mol. The van der Waals surface area contributed by atoms with Crippen LogP contribution in [-0.4, -0.2) is 20.4 Å². The highest BCUT2D eigenvalue weighted by Gasteiger charge is 2.07. The number of methoxy groups -OCH3 is 2. The second-order valence-electron chi connectivity index (χ2n) is 4.88. The van der Waals surface area contributed by atoms with Gasteiger partial charge in [-0.15, -0.1) is 0 Å². The van der Waals surface area contributed by atoms with Crippen molar-refractivity contribution in [2.45, 2.75) is 6.29 Å². The highest BCUT2D eigenvalue weighted by Crippen LogP contribution is 2.26. The summed E-state index contributed by atoms with van der Waals surface area (Å²) >= 11 is 0. The van der Waals surface area contributed by atoms with Gasteiger partial charge in [0.2, 0.25) is 0 Å². The molecule has 112 valence electrons. The Kier molecular flexibility index (Phi) is 4.32. The van der Waals surface area contributed by atoms with E-state index in [0.717, 1.165) is 27.6 Å². The number of benzene rings is 2. The normalized spacial score (nSPS) is 11.8. The van der Waals surface area contributed by atoms with Crippen LogP contribution in [0.5, 0.6) is 0 Å². The van der Waals surface area contributed by atoms with Crippen LogP contribution in [0.1, 0.15) is 17.4 Å². The molecule has 4 heteroatoms. The smallest absolute Gasteiger partial charge is 0.183 e. The molecule has 0 fully saturated rings. The van der Waals surface area contributed by atoms with Crippen LogP contribution >= 0.6 is 0 Å². The maximum Gasteiger partial charge on any atom is 0.183 e. The van der Waals surface area contributed by atoms with Crippen molar-refractivity contribution in [1.82, 2.24) is 0 Å². The van der Waals surface area contributed by atoms with Gasteiger partial charge in [-0.25, -0.2) is 0 Å². The van der Waals surface area contributed by atoms with Gasteiger partial charge in [0.05, 0.1) is 12.0 Å². The summed E-state index contributed by atoms with van der Waals surface area (Å²) in [6, 6.07) is 13.8. The number of furan rings is 1. The van der Waals surface area contributed by atoms with Crippen LogP contribution < -0.4 is 0 Å². The van der Waals surface area contributed by atoms with Crippen molar-refractivity contribution in [3.8, 4) is 0 Å². The van der Waals surface area contributed by atoms with E-state index in [1.54, 1.807) is 26.7 Å².